The molecule has 0 heterocycles. The maximum Gasteiger partial charge on any atom is 0.230 e. The van der Waals surface area contributed by atoms with Crippen LogP contribution >= 0.6 is 15.9 Å². The number of hydrogen-bond acceptors (Lipinski definition) is 2. The van der Waals surface area contributed by atoms with Crippen molar-refractivity contribution in [1.82, 2.24) is 0 Å². The van der Waals surface area contributed by atoms with Crippen LogP contribution in [0.4, 0.5) is 5.69 Å². The summed E-state index contributed by atoms with van der Waals surface area (Å²) in [7, 11) is 1.62. The first-order chi connectivity index (χ1) is 9.05. The number of rotatable bonds is 3. The number of amides is 1. The Morgan fingerprint density at radius 3 is 2.63 bits per heavy atom. The summed E-state index contributed by atoms with van der Waals surface area (Å²) in [5.41, 5.74) is 0.539. The molecule has 0 unspecified atom stereocenters. The third kappa shape index (κ3) is 3.30. The van der Waals surface area contributed by atoms with Gasteiger partial charge in [-0.15, -0.1) is 0 Å². The van der Waals surface area contributed by atoms with E-state index in [0.29, 0.717) is 0 Å². The number of benzene rings is 1. The molecule has 1 aliphatic carbocycles. The first-order valence-corrected chi connectivity index (χ1v) is 7.49. The predicted molar refractivity (Wildman–Crippen MR) is 80.5 cm³/mol. The third-order valence-corrected chi connectivity index (χ3v) is 4.62. The molecule has 1 aromatic rings. The lowest BCUT2D eigenvalue weighted by Gasteiger charge is -2.32. The van der Waals surface area contributed by atoms with Crippen LogP contribution in [0, 0.1) is 5.41 Å². The van der Waals surface area contributed by atoms with Gasteiger partial charge in [0.2, 0.25) is 5.91 Å². The fraction of sp³-hybridized carbons (Fsp3) is 0.533. The topological polar surface area (TPSA) is 38.3 Å². The van der Waals surface area contributed by atoms with Crippen LogP contribution in [-0.2, 0) is 4.79 Å². The molecule has 0 aromatic heterocycles. The van der Waals surface area contributed by atoms with Crippen molar-refractivity contribution < 1.29 is 9.53 Å². The van der Waals surface area contributed by atoms with Crippen LogP contribution in [0.5, 0.6) is 5.75 Å². The Morgan fingerprint density at radius 2 is 2.00 bits per heavy atom. The van der Waals surface area contributed by atoms with Crippen molar-refractivity contribution in [3.63, 3.8) is 0 Å². The molecule has 0 aliphatic heterocycles. The normalized spacial score (nSPS) is 17.8. The fourth-order valence-corrected chi connectivity index (χ4v) is 2.91. The average Bonchev–Trinajstić information content (AvgIpc) is 2.42. The quantitative estimate of drug-likeness (QED) is 0.896. The van der Waals surface area contributed by atoms with Gasteiger partial charge in [-0.3, -0.25) is 4.79 Å². The zero-order valence-corrected chi connectivity index (χ0v) is 13.0. The minimum Gasteiger partial charge on any atom is -0.497 e. The molecule has 0 atom stereocenters. The first-order valence-electron chi connectivity index (χ1n) is 6.70. The van der Waals surface area contributed by atoms with Crippen molar-refractivity contribution in [3.8, 4) is 5.75 Å². The summed E-state index contributed by atoms with van der Waals surface area (Å²) in [6, 6.07) is 5.59. The van der Waals surface area contributed by atoms with E-state index in [4.69, 9.17) is 4.74 Å². The van der Waals surface area contributed by atoms with Crippen molar-refractivity contribution in [2.75, 3.05) is 12.4 Å². The van der Waals surface area contributed by atoms with Crippen molar-refractivity contribution in [2.45, 2.75) is 39.0 Å². The Labute approximate surface area is 122 Å². The fourth-order valence-electron chi connectivity index (χ4n) is 2.56. The van der Waals surface area contributed by atoms with Crippen LogP contribution in [0.15, 0.2) is 22.7 Å². The second-order valence-electron chi connectivity index (χ2n) is 5.42. The SMILES string of the molecule is COc1ccc(Br)c(NC(=O)C2(C)CCCCC2)c1. The van der Waals surface area contributed by atoms with E-state index in [2.05, 4.69) is 28.2 Å². The Hall–Kier alpha value is -1.03. The predicted octanol–water partition coefficient (Wildman–Crippen LogP) is 4.37. The number of hydrogen-bond donors (Lipinski definition) is 1. The maximum atomic E-state index is 12.5. The molecule has 2 rings (SSSR count). The summed E-state index contributed by atoms with van der Waals surface area (Å²) < 4.78 is 6.07. The van der Waals surface area contributed by atoms with Gasteiger partial charge in [-0.1, -0.05) is 26.2 Å². The summed E-state index contributed by atoms with van der Waals surface area (Å²) in [6.07, 6.45) is 5.47. The van der Waals surface area contributed by atoms with E-state index in [-0.39, 0.29) is 11.3 Å². The van der Waals surface area contributed by atoms with E-state index < -0.39 is 0 Å². The van der Waals surface area contributed by atoms with Gasteiger partial charge in [0.05, 0.1) is 12.8 Å². The zero-order chi connectivity index (χ0) is 13.9. The van der Waals surface area contributed by atoms with Gasteiger partial charge in [-0.25, -0.2) is 0 Å². The number of carbonyl (C=O) groups excluding carboxylic acids is 1. The van der Waals surface area contributed by atoms with Crippen molar-refractivity contribution in [2.24, 2.45) is 5.41 Å². The zero-order valence-electron chi connectivity index (χ0n) is 11.5. The summed E-state index contributed by atoms with van der Waals surface area (Å²) >= 11 is 3.46. The highest BCUT2D eigenvalue weighted by molar-refractivity contribution is 9.10. The molecule has 1 fully saturated rings. The van der Waals surface area contributed by atoms with E-state index in [1.165, 1.54) is 6.42 Å². The minimum absolute atomic E-state index is 0.112. The van der Waals surface area contributed by atoms with Crippen LogP contribution in [-0.4, -0.2) is 13.0 Å². The summed E-state index contributed by atoms with van der Waals surface area (Å²) in [4.78, 5) is 12.5. The summed E-state index contributed by atoms with van der Waals surface area (Å²) in [5, 5.41) is 3.03. The minimum atomic E-state index is -0.235. The van der Waals surface area contributed by atoms with Gasteiger partial charge in [-0.2, -0.15) is 0 Å². The second-order valence-corrected chi connectivity index (χ2v) is 6.28. The molecule has 0 bridgehead atoms. The van der Waals surface area contributed by atoms with Gasteiger partial charge in [0.1, 0.15) is 5.75 Å². The number of methoxy groups -OCH3 is 1. The van der Waals surface area contributed by atoms with Crippen LogP contribution < -0.4 is 10.1 Å². The largest absolute Gasteiger partial charge is 0.497 e. The van der Waals surface area contributed by atoms with Crippen LogP contribution in [0.2, 0.25) is 0 Å². The van der Waals surface area contributed by atoms with Crippen LogP contribution in [0.25, 0.3) is 0 Å². The molecular weight excluding hydrogens is 306 g/mol. The average molecular weight is 326 g/mol. The highest BCUT2D eigenvalue weighted by atomic mass is 79.9. The van der Waals surface area contributed by atoms with Gasteiger partial charge in [0, 0.05) is 16.0 Å². The van der Waals surface area contributed by atoms with E-state index in [1.54, 1.807) is 7.11 Å². The van der Waals surface area contributed by atoms with Gasteiger partial charge in [-0.05, 0) is 40.9 Å². The summed E-state index contributed by atoms with van der Waals surface area (Å²) in [6.45, 7) is 2.07. The van der Waals surface area contributed by atoms with E-state index in [9.17, 15) is 4.79 Å². The Bertz CT molecular complexity index is 467. The molecule has 0 radical (unpaired) electrons. The van der Waals surface area contributed by atoms with E-state index in [0.717, 1.165) is 41.6 Å². The first kappa shape index (κ1) is 14.4. The summed E-state index contributed by atoms with van der Waals surface area (Å²) in [5.74, 6) is 0.855. The van der Waals surface area contributed by atoms with Gasteiger partial charge in [0.15, 0.2) is 0 Å². The number of nitrogens with one attached hydrogen (secondary N) is 1. The Balaban J connectivity index is 2.14. The molecule has 1 aromatic carbocycles. The monoisotopic (exact) mass is 325 g/mol. The molecule has 1 amide bonds. The lowest BCUT2D eigenvalue weighted by molar-refractivity contribution is -0.126. The third-order valence-electron chi connectivity index (χ3n) is 3.93. The van der Waals surface area contributed by atoms with Crippen molar-refractivity contribution in [1.29, 1.82) is 0 Å². The number of halogens is 1. The number of carbonyl (C=O) groups is 1. The highest BCUT2D eigenvalue weighted by Gasteiger charge is 2.34. The molecule has 104 valence electrons. The van der Waals surface area contributed by atoms with Gasteiger partial charge < -0.3 is 10.1 Å². The molecule has 19 heavy (non-hydrogen) atoms. The molecule has 1 aliphatic rings. The van der Waals surface area contributed by atoms with Gasteiger partial charge >= 0.3 is 0 Å². The molecule has 1 N–H and O–H groups in total. The highest BCUT2D eigenvalue weighted by Crippen LogP contribution is 2.37. The Morgan fingerprint density at radius 1 is 1.32 bits per heavy atom. The number of ether oxygens (including phenoxy) is 1. The van der Waals surface area contributed by atoms with E-state index >= 15 is 0 Å². The van der Waals surface area contributed by atoms with Gasteiger partial charge in [0.25, 0.3) is 0 Å². The van der Waals surface area contributed by atoms with E-state index in [1.807, 2.05) is 18.2 Å². The smallest absolute Gasteiger partial charge is 0.230 e. The van der Waals surface area contributed by atoms with Crippen molar-refractivity contribution in [3.05, 3.63) is 22.7 Å². The van der Waals surface area contributed by atoms with Crippen LogP contribution in [0.1, 0.15) is 39.0 Å². The molecule has 1 saturated carbocycles. The molecule has 4 heteroatoms. The van der Waals surface area contributed by atoms with Crippen molar-refractivity contribution >= 4 is 27.5 Å². The molecular formula is C15H20BrNO2. The number of anilines is 1. The second kappa shape index (κ2) is 5.95. The molecule has 0 spiro atoms. The lowest BCUT2D eigenvalue weighted by Crippen LogP contribution is -2.35. The molecule has 3 nitrogen and oxygen atoms in total. The van der Waals surface area contributed by atoms with Crippen LogP contribution in [0.3, 0.4) is 0 Å². The molecule has 0 saturated heterocycles. The Kier molecular flexibility index (Phi) is 4.50. The standard InChI is InChI=1S/C15H20BrNO2/c1-15(8-4-3-5-9-15)14(18)17-13-10-11(19-2)6-7-12(13)16/h6-7,10H,3-5,8-9H2,1-2H3,(H,17,18). The maximum absolute atomic E-state index is 12.5. The lowest BCUT2D eigenvalue weighted by atomic mass is 9.75.